The summed E-state index contributed by atoms with van der Waals surface area (Å²) in [5, 5.41) is 16.0. The van der Waals surface area contributed by atoms with E-state index in [-0.39, 0.29) is 22.6 Å². The second-order valence-electron chi connectivity index (χ2n) is 8.13. The fraction of sp³-hybridized carbons (Fsp3) is 0.391. The third kappa shape index (κ3) is 3.57. The molecular weight excluding hydrogens is 396 g/mol. The minimum Gasteiger partial charge on any atom is -0.381 e. The third-order valence-corrected chi connectivity index (χ3v) is 6.23. The lowest BCUT2D eigenvalue weighted by molar-refractivity contribution is -0.383. The van der Waals surface area contributed by atoms with Gasteiger partial charge in [0.15, 0.2) is 0 Å². The zero-order chi connectivity index (χ0) is 21.4. The number of amides is 1. The summed E-state index contributed by atoms with van der Waals surface area (Å²) in [6.07, 6.45) is 4.45. The number of nitrogens with zero attached hydrogens (tertiary/aromatic N) is 3. The molecule has 2 aliphatic heterocycles. The molecule has 5 rings (SSSR count). The molecule has 0 bridgehead atoms. The highest BCUT2D eigenvalue weighted by atomic mass is 16.6. The van der Waals surface area contributed by atoms with Gasteiger partial charge in [0.05, 0.1) is 16.0 Å². The number of benzene rings is 2. The van der Waals surface area contributed by atoms with Gasteiger partial charge < -0.3 is 14.6 Å². The average Bonchev–Trinajstić information content (AvgIpc) is 3.18. The number of nitro groups is 1. The molecule has 1 N–H and O–H groups in total. The first-order valence-electron chi connectivity index (χ1n) is 10.8. The highest BCUT2D eigenvalue weighted by Gasteiger charge is 2.28. The van der Waals surface area contributed by atoms with Crippen LogP contribution in [0.2, 0.25) is 0 Å². The van der Waals surface area contributed by atoms with E-state index in [1.165, 1.54) is 6.07 Å². The van der Waals surface area contributed by atoms with E-state index >= 15 is 0 Å². The summed E-state index contributed by atoms with van der Waals surface area (Å²) >= 11 is 0. The van der Waals surface area contributed by atoms with Crippen molar-refractivity contribution >= 4 is 22.4 Å². The summed E-state index contributed by atoms with van der Waals surface area (Å²) in [4.78, 5) is 29.1. The zero-order valence-electron chi connectivity index (χ0n) is 17.2. The van der Waals surface area contributed by atoms with E-state index < -0.39 is 0 Å². The molecule has 1 fully saturated rings. The number of rotatable bonds is 4. The first kappa shape index (κ1) is 19.7. The number of ether oxygens (including phenoxy) is 1. The topological polar surface area (TPSA) is 99.3 Å². The maximum absolute atomic E-state index is 13.1. The van der Waals surface area contributed by atoms with Crippen LogP contribution in [0.1, 0.15) is 41.9 Å². The van der Waals surface area contributed by atoms with Crippen LogP contribution in [0, 0.1) is 10.1 Å². The van der Waals surface area contributed by atoms with Crippen LogP contribution in [0.3, 0.4) is 0 Å². The summed E-state index contributed by atoms with van der Waals surface area (Å²) in [5.74, 6) is 0.563. The van der Waals surface area contributed by atoms with Gasteiger partial charge in [-0.1, -0.05) is 24.3 Å². The standard InChI is InChI=1S/C23H24N4O4/c28-23(24-15-10-13-31-14-11-15)21-20-8-1-2-12-26(20)22(25-21)18-7-3-6-17-16(18)5-4-9-19(17)27(29)30/h3-7,9,15H,1-2,8,10-14H2,(H,24,28). The number of hydrogen-bond donors (Lipinski definition) is 1. The Morgan fingerprint density at radius 3 is 2.71 bits per heavy atom. The summed E-state index contributed by atoms with van der Waals surface area (Å²) in [6.45, 7) is 2.10. The van der Waals surface area contributed by atoms with Gasteiger partial charge in [-0.05, 0) is 43.6 Å². The van der Waals surface area contributed by atoms with Crippen LogP contribution in [-0.4, -0.2) is 39.6 Å². The predicted octanol–water partition coefficient (Wildman–Crippen LogP) is 3.86. The van der Waals surface area contributed by atoms with Crippen molar-refractivity contribution in [1.29, 1.82) is 0 Å². The Morgan fingerprint density at radius 1 is 1.13 bits per heavy atom. The highest BCUT2D eigenvalue weighted by molar-refractivity contribution is 6.01. The Kier molecular flexibility index (Phi) is 5.15. The molecule has 3 aromatic rings. The zero-order valence-corrected chi connectivity index (χ0v) is 17.2. The van der Waals surface area contributed by atoms with Crippen molar-refractivity contribution in [3.63, 3.8) is 0 Å². The summed E-state index contributed by atoms with van der Waals surface area (Å²) in [5.41, 5.74) is 2.31. The molecule has 1 aromatic heterocycles. The van der Waals surface area contributed by atoms with Crippen LogP contribution in [0.5, 0.6) is 0 Å². The third-order valence-electron chi connectivity index (χ3n) is 6.23. The maximum atomic E-state index is 13.1. The lowest BCUT2D eigenvalue weighted by Gasteiger charge is -2.23. The fourth-order valence-electron chi connectivity index (χ4n) is 4.67. The van der Waals surface area contributed by atoms with Gasteiger partial charge in [-0.3, -0.25) is 14.9 Å². The van der Waals surface area contributed by atoms with Crippen LogP contribution >= 0.6 is 0 Å². The van der Waals surface area contributed by atoms with Gasteiger partial charge in [0.1, 0.15) is 11.5 Å². The molecule has 0 unspecified atom stereocenters. The molecule has 8 heteroatoms. The van der Waals surface area contributed by atoms with Gasteiger partial charge in [0, 0.05) is 37.4 Å². The van der Waals surface area contributed by atoms with Crippen molar-refractivity contribution < 1.29 is 14.5 Å². The number of nitro benzene ring substituents is 1. The number of aromatic nitrogens is 2. The monoisotopic (exact) mass is 420 g/mol. The quantitative estimate of drug-likeness (QED) is 0.510. The molecule has 2 aliphatic rings. The molecule has 8 nitrogen and oxygen atoms in total. The SMILES string of the molecule is O=C(NC1CCOCC1)c1nc(-c2cccc3c([N+](=O)[O-])cccc23)n2c1CCCC2. The van der Waals surface area contributed by atoms with Gasteiger partial charge in [0.25, 0.3) is 11.6 Å². The Hall–Kier alpha value is -3.26. The van der Waals surface area contributed by atoms with E-state index in [9.17, 15) is 14.9 Å². The number of carbonyl (C=O) groups excluding carboxylic acids is 1. The van der Waals surface area contributed by atoms with Crippen molar-refractivity contribution in [2.75, 3.05) is 13.2 Å². The molecule has 2 aromatic carbocycles. The number of imidazole rings is 1. The van der Waals surface area contributed by atoms with Gasteiger partial charge in [0.2, 0.25) is 0 Å². The van der Waals surface area contributed by atoms with Gasteiger partial charge in [-0.15, -0.1) is 0 Å². The smallest absolute Gasteiger partial charge is 0.277 e. The van der Waals surface area contributed by atoms with E-state index in [1.807, 2.05) is 18.2 Å². The minimum atomic E-state index is -0.361. The summed E-state index contributed by atoms with van der Waals surface area (Å²) in [7, 11) is 0. The Labute approximate surface area is 179 Å². The Morgan fingerprint density at radius 2 is 1.90 bits per heavy atom. The van der Waals surface area contributed by atoms with E-state index in [2.05, 4.69) is 9.88 Å². The molecular formula is C23H24N4O4. The van der Waals surface area contributed by atoms with Gasteiger partial charge in [-0.2, -0.15) is 0 Å². The second kappa shape index (κ2) is 8.11. The van der Waals surface area contributed by atoms with Crippen molar-refractivity contribution in [2.24, 2.45) is 0 Å². The molecule has 0 radical (unpaired) electrons. The van der Waals surface area contributed by atoms with Crippen molar-refractivity contribution in [2.45, 2.75) is 44.7 Å². The summed E-state index contributed by atoms with van der Waals surface area (Å²) in [6, 6.07) is 10.7. The van der Waals surface area contributed by atoms with Crippen LogP contribution in [0.15, 0.2) is 36.4 Å². The Balaban J connectivity index is 1.60. The minimum absolute atomic E-state index is 0.0715. The Bertz CT molecular complexity index is 1160. The highest BCUT2D eigenvalue weighted by Crippen LogP contribution is 2.35. The van der Waals surface area contributed by atoms with E-state index in [4.69, 9.17) is 9.72 Å². The largest absolute Gasteiger partial charge is 0.381 e. The number of fused-ring (bicyclic) bond motifs is 2. The first-order valence-corrected chi connectivity index (χ1v) is 10.8. The van der Waals surface area contributed by atoms with E-state index in [0.717, 1.165) is 55.3 Å². The summed E-state index contributed by atoms with van der Waals surface area (Å²) < 4.78 is 7.51. The molecule has 160 valence electrons. The van der Waals surface area contributed by atoms with Crippen molar-refractivity contribution in [1.82, 2.24) is 14.9 Å². The number of carbonyl (C=O) groups is 1. The van der Waals surface area contributed by atoms with Gasteiger partial charge in [-0.25, -0.2) is 4.98 Å². The van der Waals surface area contributed by atoms with Crippen LogP contribution in [-0.2, 0) is 17.7 Å². The average molecular weight is 420 g/mol. The lowest BCUT2D eigenvalue weighted by Crippen LogP contribution is -2.39. The number of nitrogens with one attached hydrogen (secondary N) is 1. The van der Waals surface area contributed by atoms with E-state index in [1.54, 1.807) is 12.1 Å². The molecule has 1 saturated heterocycles. The molecule has 0 saturated carbocycles. The van der Waals surface area contributed by atoms with Crippen LogP contribution in [0.25, 0.3) is 22.2 Å². The fourth-order valence-corrected chi connectivity index (χ4v) is 4.67. The number of hydrogen-bond acceptors (Lipinski definition) is 5. The molecule has 1 amide bonds. The van der Waals surface area contributed by atoms with Crippen LogP contribution < -0.4 is 5.32 Å². The van der Waals surface area contributed by atoms with Crippen molar-refractivity contribution in [3.05, 3.63) is 57.9 Å². The molecule has 31 heavy (non-hydrogen) atoms. The maximum Gasteiger partial charge on any atom is 0.277 e. The van der Waals surface area contributed by atoms with E-state index in [0.29, 0.717) is 30.1 Å². The second-order valence-corrected chi connectivity index (χ2v) is 8.13. The normalized spacial score (nSPS) is 16.8. The molecule has 0 aliphatic carbocycles. The van der Waals surface area contributed by atoms with Gasteiger partial charge >= 0.3 is 0 Å². The molecule has 0 spiro atoms. The predicted molar refractivity (Wildman–Crippen MR) is 116 cm³/mol. The lowest BCUT2D eigenvalue weighted by atomic mass is 10.0. The molecule has 3 heterocycles. The van der Waals surface area contributed by atoms with Crippen LogP contribution in [0.4, 0.5) is 5.69 Å². The van der Waals surface area contributed by atoms with Crippen molar-refractivity contribution in [3.8, 4) is 11.4 Å². The number of non-ortho nitro benzene ring substituents is 1. The molecule has 0 atom stereocenters. The first-order chi connectivity index (χ1) is 15.1.